The van der Waals surface area contributed by atoms with Crippen LogP contribution in [0.15, 0.2) is 18.2 Å². The normalized spacial score (nSPS) is 11.4. The molecule has 0 unspecified atom stereocenters. The Balaban J connectivity index is 2.98. The smallest absolute Gasteiger partial charge is 0.321 e. The Hall–Kier alpha value is -2.22. The molecule has 1 N–H and O–H groups in total. The monoisotopic (exact) mass is 235 g/mol. The number of ether oxygens (including phenoxy) is 2. The average Bonchev–Trinajstić information content (AvgIpc) is 2.35. The van der Waals surface area contributed by atoms with Gasteiger partial charge in [0.2, 0.25) is 0 Å². The Morgan fingerprint density at radius 1 is 1.47 bits per heavy atom. The summed E-state index contributed by atoms with van der Waals surface area (Å²) in [6, 6.07) is 6.80. The molecule has 0 saturated carbocycles. The van der Waals surface area contributed by atoms with Gasteiger partial charge in [-0.2, -0.15) is 5.26 Å². The lowest BCUT2D eigenvalue weighted by Gasteiger charge is -2.11. The van der Waals surface area contributed by atoms with Crippen LogP contribution in [-0.4, -0.2) is 25.3 Å². The summed E-state index contributed by atoms with van der Waals surface area (Å²) < 4.78 is 10.2. The molecule has 0 aliphatic carbocycles. The van der Waals surface area contributed by atoms with Gasteiger partial charge in [-0.25, -0.2) is 0 Å². The average molecular weight is 235 g/mol. The van der Waals surface area contributed by atoms with Gasteiger partial charge in [0.05, 0.1) is 20.3 Å². The number of hydrogen-bond donors (Lipinski definition) is 1. The van der Waals surface area contributed by atoms with Crippen molar-refractivity contribution in [2.24, 2.45) is 5.92 Å². The lowest BCUT2D eigenvalue weighted by atomic mass is 10.00. The number of rotatable bonds is 5. The zero-order valence-electron chi connectivity index (χ0n) is 9.64. The molecule has 1 aromatic carbocycles. The summed E-state index contributed by atoms with van der Waals surface area (Å²) in [6.45, 7) is 0. The Labute approximate surface area is 99.2 Å². The van der Waals surface area contributed by atoms with Crippen LogP contribution in [0, 0.1) is 17.2 Å². The number of carbonyl (C=O) groups is 1. The van der Waals surface area contributed by atoms with E-state index in [4.69, 9.17) is 19.8 Å². The first-order valence-electron chi connectivity index (χ1n) is 4.95. The summed E-state index contributed by atoms with van der Waals surface area (Å²) in [5.41, 5.74) is 0.669. The Morgan fingerprint density at radius 3 is 2.65 bits per heavy atom. The molecule has 0 fully saturated rings. The van der Waals surface area contributed by atoms with Crippen LogP contribution >= 0.6 is 0 Å². The van der Waals surface area contributed by atoms with Crippen LogP contribution in [0.4, 0.5) is 0 Å². The minimum atomic E-state index is -1.13. The summed E-state index contributed by atoms with van der Waals surface area (Å²) in [5, 5.41) is 17.5. The fourth-order valence-corrected chi connectivity index (χ4v) is 1.43. The molecule has 1 rings (SSSR count). The van der Waals surface area contributed by atoms with Gasteiger partial charge in [0.15, 0.2) is 0 Å². The third kappa shape index (κ3) is 3.11. The number of carboxylic acid groups (broad SMARTS) is 1. The van der Waals surface area contributed by atoms with E-state index in [0.29, 0.717) is 17.1 Å². The highest BCUT2D eigenvalue weighted by molar-refractivity contribution is 5.73. The second-order valence-electron chi connectivity index (χ2n) is 3.40. The molecule has 0 aliphatic rings. The standard InChI is InChI=1S/C12H13NO4/c1-16-10-4-3-8(11(6-10)17-2)5-9(7-13)12(14)15/h3-4,6,9H,5H2,1-2H3,(H,14,15)/t9-/m0/s1. The quantitative estimate of drug-likeness (QED) is 0.835. The molecular weight excluding hydrogens is 222 g/mol. The van der Waals surface area contributed by atoms with Gasteiger partial charge in [-0.05, 0) is 11.6 Å². The predicted molar refractivity (Wildman–Crippen MR) is 60.0 cm³/mol. The first kappa shape index (κ1) is 12.8. The van der Waals surface area contributed by atoms with Crippen LogP contribution in [0.5, 0.6) is 11.5 Å². The lowest BCUT2D eigenvalue weighted by Crippen LogP contribution is -2.14. The summed E-state index contributed by atoms with van der Waals surface area (Å²) in [7, 11) is 3.02. The minimum Gasteiger partial charge on any atom is -0.497 e. The molecule has 0 aromatic heterocycles. The summed E-state index contributed by atoms with van der Waals surface area (Å²) in [4.78, 5) is 10.8. The zero-order valence-corrected chi connectivity index (χ0v) is 9.64. The highest BCUT2D eigenvalue weighted by Gasteiger charge is 2.19. The number of benzene rings is 1. The molecule has 0 aliphatic heterocycles. The van der Waals surface area contributed by atoms with E-state index < -0.39 is 11.9 Å². The Morgan fingerprint density at radius 2 is 2.18 bits per heavy atom. The van der Waals surface area contributed by atoms with Gasteiger partial charge < -0.3 is 14.6 Å². The molecule has 5 nitrogen and oxygen atoms in total. The van der Waals surface area contributed by atoms with Crippen LogP contribution in [-0.2, 0) is 11.2 Å². The molecule has 0 amide bonds. The fraction of sp³-hybridized carbons (Fsp3) is 0.333. The molecule has 0 heterocycles. The van der Waals surface area contributed by atoms with Crippen molar-refractivity contribution in [1.29, 1.82) is 5.26 Å². The van der Waals surface area contributed by atoms with Gasteiger partial charge in [0, 0.05) is 12.5 Å². The maximum Gasteiger partial charge on any atom is 0.321 e. The zero-order chi connectivity index (χ0) is 12.8. The number of methoxy groups -OCH3 is 2. The van der Waals surface area contributed by atoms with E-state index in [0.717, 1.165) is 0 Å². The van der Waals surface area contributed by atoms with E-state index in [9.17, 15) is 4.79 Å². The van der Waals surface area contributed by atoms with Gasteiger partial charge in [0.1, 0.15) is 17.4 Å². The second kappa shape index (κ2) is 5.75. The molecule has 0 spiro atoms. The summed E-state index contributed by atoms with van der Waals surface area (Å²) >= 11 is 0. The number of nitriles is 1. The number of aliphatic carboxylic acids is 1. The summed E-state index contributed by atoms with van der Waals surface area (Å²) in [5.74, 6) is -1.07. The van der Waals surface area contributed by atoms with Crippen molar-refractivity contribution in [1.82, 2.24) is 0 Å². The van der Waals surface area contributed by atoms with E-state index in [2.05, 4.69) is 0 Å². The number of hydrogen-bond acceptors (Lipinski definition) is 4. The van der Waals surface area contributed by atoms with E-state index in [1.54, 1.807) is 24.3 Å². The Bertz CT molecular complexity index is 450. The van der Waals surface area contributed by atoms with E-state index in [1.807, 2.05) is 0 Å². The summed E-state index contributed by atoms with van der Waals surface area (Å²) in [6.07, 6.45) is 0.110. The van der Waals surface area contributed by atoms with Gasteiger partial charge in [0.25, 0.3) is 0 Å². The highest BCUT2D eigenvalue weighted by atomic mass is 16.5. The van der Waals surface area contributed by atoms with E-state index >= 15 is 0 Å². The molecular formula is C12H13NO4. The third-order valence-corrected chi connectivity index (χ3v) is 2.37. The SMILES string of the molecule is COc1ccc(C[C@@H](C#N)C(=O)O)c(OC)c1. The molecule has 0 bridgehead atoms. The van der Waals surface area contributed by atoms with Crippen LogP contribution in [0.25, 0.3) is 0 Å². The number of nitrogens with zero attached hydrogens (tertiary/aromatic N) is 1. The second-order valence-corrected chi connectivity index (χ2v) is 3.40. The lowest BCUT2D eigenvalue weighted by molar-refractivity contribution is -0.139. The van der Waals surface area contributed by atoms with Gasteiger partial charge in [-0.3, -0.25) is 4.79 Å². The number of carboxylic acids is 1. The predicted octanol–water partition coefficient (Wildman–Crippen LogP) is 1.47. The molecule has 1 aromatic rings. The molecule has 0 radical (unpaired) electrons. The first-order valence-corrected chi connectivity index (χ1v) is 4.95. The van der Waals surface area contributed by atoms with Crippen LogP contribution in [0.2, 0.25) is 0 Å². The first-order chi connectivity index (χ1) is 8.12. The van der Waals surface area contributed by atoms with Crippen molar-refractivity contribution in [3.63, 3.8) is 0 Å². The van der Waals surface area contributed by atoms with Crippen molar-refractivity contribution in [3.05, 3.63) is 23.8 Å². The van der Waals surface area contributed by atoms with Crippen molar-refractivity contribution in [3.8, 4) is 17.6 Å². The molecule has 0 saturated heterocycles. The van der Waals surface area contributed by atoms with Crippen LogP contribution in [0.1, 0.15) is 5.56 Å². The maximum atomic E-state index is 10.8. The molecule has 90 valence electrons. The van der Waals surface area contributed by atoms with Crippen molar-refractivity contribution in [2.45, 2.75) is 6.42 Å². The van der Waals surface area contributed by atoms with Crippen LogP contribution in [0.3, 0.4) is 0 Å². The van der Waals surface area contributed by atoms with E-state index in [1.165, 1.54) is 14.2 Å². The molecule has 5 heteroatoms. The van der Waals surface area contributed by atoms with Crippen molar-refractivity contribution >= 4 is 5.97 Å². The van der Waals surface area contributed by atoms with Crippen molar-refractivity contribution < 1.29 is 19.4 Å². The Kier molecular flexibility index (Phi) is 4.35. The van der Waals surface area contributed by atoms with Crippen molar-refractivity contribution in [2.75, 3.05) is 14.2 Å². The fourth-order valence-electron chi connectivity index (χ4n) is 1.43. The highest BCUT2D eigenvalue weighted by Crippen LogP contribution is 2.26. The molecule has 17 heavy (non-hydrogen) atoms. The van der Waals surface area contributed by atoms with Gasteiger partial charge in [-0.1, -0.05) is 6.07 Å². The van der Waals surface area contributed by atoms with E-state index in [-0.39, 0.29) is 6.42 Å². The van der Waals surface area contributed by atoms with Crippen LogP contribution < -0.4 is 9.47 Å². The maximum absolute atomic E-state index is 10.8. The van der Waals surface area contributed by atoms with Gasteiger partial charge in [-0.15, -0.1) is 0 Å². The third-order valence-electron chi connectivity index (χ3n) is 2.37. The topological polar surface area (TPSA) is 79.5 Å². The minimum absolute atomic E-state index is 0.110. The largest absolute Gasteiger partial charge is 0.497 e. The molecule has 1 atom stereocenters. The van der Waals surface area contributed by atoms with Gasteiger partial charge >= 0.3 is 5.97 Å².